The summed E-state index contributed by atoms with van der Waals surface area (Å²) in [6.07, 6.45) is -3.58. The molecule has 1 N–H and O–H groups in total. The highest BCUT2D eigenvalue weighted by atomic mass is 19.4. The van der Waals surface area contributed by atoms with Crippen LogP contribution in [-0.4, -0.2) is 47.7 Å². The van der Waals surface area contributed by atoms with Crippen LogP contribution in [0.25, 0.3) is 0 Å². The Balaban J connectivity index is 1.60. The number of halogens is 3. The van der Waals surface area contributed by atoms with Gasteiger partial charge >= 0.3 is 12.2 Å². The van der Waals surface area contributed by atoms with Crippen LogP contribution in [0.4, 0.5) is 18.0 Å². The van der Waals surface area contributed by atoms with E-state index in [0.717, 1.165) is 10.5 Å². The monoisotopic (exact) mass is 431 g/mol. The number of likely N-dealkylation sites (tertiary alicyclic amines) is 1. The summed E-state index contributed by atoms with van der Waals surface area (Å²) in [5.74, 6) is -1.88. The van der Waals surface area contributed by atoms with Gasteiger partial charge in [-0.15, -0.1) is 0 Å². The molecule has 5 nitrogen and oxygen atoms in total. The number of nitrogens with one attached hydrogen (secondary N) is 1. The molecule has 2 aromatic carbocycles. The normalized spacial score (nSPS) is 25.0. The van der Waals surface area contributed by atoms with Crippen LogP contribution in [0.1, 0.15) is 24.0 Å². The fourth-order valence-electron chi connectivity index (χ4n) is 4.45. The molecule has 2 fully saturated rings. The maximum atomic E-state index is 13.6. The Morgan fingerprint density at radius 3 is 2.29 bits per heavy atom. The average molecular weight is 431 g/mol. The van der Waals surface area contributed by atoms with Crippen LogP contribution in [0.15, 0.2) is 60.7 Å². The Labute approximate surface area is 178 Å². The zero-order valence-corrected chi connectivity index (χ0v) is 16.9. The van der Waals surface area contributed by atoms with E-state index in [1.165, 1.54) is 0 Å². The zero-order chi connectivity index (χ0) is 22.1. The lowest BCUT2D eigenvalue weighted by molar-refractivity contribution is -0.187. The van der Waals surface area contributed by atoms with Crippen molar-refractivity contribution in [3.8, 4) is 0 Å². The molecule has 0 spiro atoms. The predicted molar refractivity (Wildman–Crippen MR) is 109 cm³/mol. The third-order valence-electron chi connectivity index (χ3n) is 6.06. The van der Waals surface area contributed by atoms with E-state index in [1.54, 1.807) is 29.2 Å². The first-order valence-electron chi connectivity index (χ1n) is 10.3. The molecule has 0 unspecified atom stereocenters. The van der Waals surface area contributed by atoms with Gasteiger partial charge < -0.3 is 5.32 Å². The number of carbonyl (C=O) groups is 2. The maximum Gasteiger partial charge on any atom is 0.393 e. The van der Waals surface area contributed by atoms with Gasteiger partial charge in [-0.3, -0.25) is 9.69 Å². The number of hydrogen-bond acceptors (Lipinski definition) is 3. The summed E-state index contributed by atoms with van der Waals surface area (Å²) in [5.41, 5.74) is 0.224. The Bertz CT molecular complexity index is 936. The van der Waals surface area contributed by atoms with E-state index in [2.05, 4.69) is 5.32 Å². The molecule has 2 aliphatic heterocycles. The van der Waals surface area contributed by atoms with Gasteiger partial charge in [0.05, 0.1) is 12.6 Å². The van der Waals surface area contributed by atoms with Crippen molar-refractivity contribution in [1.82, 2.24) is 15.1 Å². The van der Waals surface area contributed by atoms with Crippen molar-refractivity contribution in [2.45, 2.75) is 31.0 Å². The Hall–Kier alpha value is -2.87. The van der Waals surface area contributed by atoms with Gasteiger partial charge in [0.1, 0.15) is 0 Å². The van der Waals surface area contributed by atoms with E-state index in [-0.39, 0.29) is 26.1 Å². The lowest BCUT2D eigenvalue weighted by Gasteiger charge is -2.35. The Kier molecular flexibility index (Phi) is 5.75. The van der Waals surface area contributed by atoms with Crippen LogP contribution in [-0.2, 0) is 16.8 Å². The van der Waals surface area contributed by atoms with Crippen molar-refractivity contribution < 1.29 is 22.8 Å². The number of amides is 3. The molecule has 8 heteroatoms. The van der Waals surface area contributed by atoms with E-state index in [4.69, 9.17) is 0 Å². The van der Waals surface area contributed by atoms with E-state index in [1.807, 2.05) is 36.4 Å². The predicted octanol–water partition coefficient (Wildman–Crippen LogP) is 3.91. The van der Waals surface area contributed by atoms with Crippen molar-refractivity contribution in [2.24, 2.45) is 5.92 Å². The van der Waals surface area contributed by atoms with E-state index < -0.39 is 29.6 Å². The molecule has 164 valence electrons. The van der Waals surface area contributed by atoms with Gasteiger partial charge in [-0.25, -0.2) is 9.69 Å². The molecular weight excluding hydrogens is 407 g/mol. The first-order chi connectivity index (χ1) is 14.8. The Morgan fingerprint density at radius 1 is 1.00 bits per heavy atom. The molecule has 4 rings (SSSR count). The molecule has 2 saturated heterocycles. The first kappa shape index (κ1) is 21.4. The quantitative estimate of drug-likeness (QED) is 0.731. The molecular formula is C23H24F3N3O2. The smallest absolute Gasteiger partial charge is 0.319 e. The minimum absolute atomic E-state index is 0.0715. The highest BCUT2D eigenvalue weighted by Crippen LogP contribution is 2.35. The number of carbonyl (C=O) groups excluding carboxylic acids is 2. The lowest BCUT2D eigenvalue weighted by atomic mass is 9.83. The van der Waals surface area contributed by atoms with Crippen LogP contribution < -0.4 is 5.32 Å². The van der Waals surface area contributed by atoms with Crippen molar-refractivity contribution in [3.63, 3.8) is 0 Å². The lowest BCUT2D eigenvalue weighted by Crippen LogP contribution is -2.49. The average Bonchev–Trinajstić information content (AvgIpc) is 3.00. The largest absolute Gasteiger partial charge is 0.393 e. The zero-order valence-electron chi connectivity index (χ0n) is 16.9. The number of urea groups is 1. The number of nitrogens with zero attached hydrogens (tertiary/aromatic N) is 2. The van der Waals surface area contributed by atoms with Crippen LogP contribution in [0.2, 0.25) is 0 Å². The molecule has 31 heavy (non-hydrogen) atoms. The van der Waals surface area contributed by atoms with Crippen molar-refractivity contribution in [1.29, 1.82) is 0 Å². The summed E-state index contributed by atoms with van der Waals surface area (Å²) in [6, 6.07) is 17.7. The molecule has 2 atom stereocenters. The fraction of sp³-hybridized carbons (Fsp3) is 0.391. The minimum atomic E-state index is -4.28. The third-order valence-corrected chi connectivity index (χ3v) is 6.06. The standard InChI is InChI=1S/C23H24F3N3O2/c24-23(25,26)19-12-7-13-28(15-19)16-29-20(30)22(27-21(29)31,18-10-5-2-6-11-18)14-17-8-3-1-4-9-17/h1-6,8-11,19H,7,12-16H2,(H,27,31)/t19-,22-/m0/s1. The van der Waals surface area contributed by atoms with Gasteiger partial charge in [0.2, 0.25) is 0 Å². The summed E-state index contributed by atoms with van der Waals surface area (Å²) in [4.78, 5) is 29.0. The van der Waals surface area contributed by atoms with Gasteiger partial charge in [-0.05, 0) is 30.5 Å². The molecule has 0 bridgehead atoms. The second kappa shape index (κ2) is 8.34. The second-order valence-corrected chi connectivity index (χ2v) is 8.20. The summed E-state index contributed by atoms with van der Waals surface area (Å²) in [5, 5.41) is 2.85. The van der Waals surface area contributed by atoms with Gasteiger partial charge in [0, 0.05) is 13.0 Å². The highest BCUT2D eigenvalue weighted by Gasteiger charge is 2.53. The number of rotatable bonds is 5. The molecule has 0 aromatic heterocycles. The number of hydrogen-bond donors (Lipinski definition) is 1. The molecule has 2 heterocycles. The summed E-state index contributed by atoms with van der Waals surface area (Å²) >= 11 is 0. The van der Waals surface area contributed by atoms with E-state index in [0.29, 0.717) is 18.5 Å². The number of alkyl halides is 3. The molecule has 0 aliphatic carbocycles. The third kappa shape index (κ3) is 4.30. The topological polar surface area (TPSA) is 52.7 Å². The van der Waals surface area contributed by atoms with Gasteiger partial charge in [-0.1, -0.05) is 60.7 Å². The van der Waals surface area contributed by atoms with Gasteiger partial charge in [0.25, 0.3) is 5.91 Å². The van der Waals surface area contributed by atoms with Crippen LogP contribution in [0.5, 0.6) is 0 Å². The van der Waals surface area contributed by atoms with Crippen LogP contribution in [0, 0.1) is 5.92 Å². The summed E-state index contributed by atoms with van der Waals surface area (Å²) in [7, 11) is 0. The van der Waals surface area contributed by atoms with E-state index >= 15 is 0 Å². The van der Waals surface area contributed by atoms with Gasteiger partial charge in [0.15, 0.2) is 5.54 Å². The SMILES string of the molecule is O=C1N[C@@](Cc2ccccc2)(c2ccccc2)C(=O)N1CN1CCC[C@H](C(F)(F)F)C1. The van der Waals surface area contributed by atoms with Crippen molar-refractivity contribution in [3.05, 3.63) is 71.8 Å². The maximum absolute atomic E-state index is 13.6. The molecule has 2 aromatic rings. The van der Waals surface area contributed by atoms with Crippen LogP contribution >= 0.6 is 0 Å². The molecule has 0 radical (unpaired) electrons. The number of benzene rings is 2. The van der Waals surface area contributed by atoms with Gasteiger partial charge in [-0.2, -0.15) is 13.2 Å². The molecule has 3 amide bonds. The second-order valence-electron chi connectivity index (χ2n) is 8.20. The molecule has 0 saturated carbocycles. The first-order valence-corrected chi connectivity index (χ1v) is 10.3. The van der Waals surface area contributed by atoms with E-state index in [9.17, 15) is 22.8 Å². The van der Waals surface area contributed by atoms with Crippen LogP contribution in [0.3, 0.4) is 0 Å². The number of imide groups is 1. The fourth-order valence-corrected chi connectivity index (χ4v) is 4.45. The summed E-state index contributed by atoms with van der Waals surface area (Å²) < 4.78 is 39.5. The molecule has 2 aliphatic rings. The van der Waals surface area contributed by atoms with Crippen molar-refractivity contribution >= 4 is 11.9 Å². The highest BCUT2D eigenvalue weighted by molar-refractivity contribution is 6.07. The Morgan fingerprint density at radius 2 is 1.65 bits per heavy atom. The minimum Gasteiger partial charge on any atom is -0.319 e. The number of piperidine rings is 1. The van der Waals surface area contributed by atoms with Crippen molar-refractivity contribution in [2.75, 3.05) is 19.8 Å². The summed E-state index contributed by atoms with van der Waals surface area (Å²) in [6.45, 7) is 0.0544.